The molecule has 3 aromatic carbocycles. The average molecular weight is 530 g/mol. The lowest BCUT2D eigenvalue weighted by Crippen LogP contribution is -2.30. The molecule has 0 aliphatic heterocycles. The fourth-order valence-corrected chi connectivity index (χ4v) is 4.79. The summed E-state index contributed by atoms with van der Waals surface area (Å²) in [4.78, 5) is 25.1. The molecular weight excluding hydrogens is 486 g/mol. The normalized spacial score (nSPS) is 11.9. The second-order valence-corrected chi connectivity index (χ2v) is 10.9. The molecule has 0 aliphatic carbocycles. The summed E-state index contributed by atoms with van der Waals surface area (Å²) in [5.41, 5.74) is 7.92. The number of carboxylic acids is 1. The van der Waals surface area contributed by atoms with Gasteiger partial charge in [0.2, 0.25) is 0 Å². The Labute approximate surface area is 233 Å². The molecule has 39 heavy (non-hydrogen) atoms. The van der Waals surface area contributed by atoms with E-state index in [4.69, 9.17) is 4.74 Å². The SMILES string of the molecule is CCc1cc(CC)cc([C@@H](CC(C)C)NC(=O)c2cc(COc3cc(C)ccc3C)ccc2CCC(=O)O)c1. The van der Waals surface area contributed by atoms with Gasteiger partial charge in [0.05, 0.1) is 6.04 Å². The second kappa shape index (κ2) is 14.0. The largest absolute Gasteiger partial charge is 0.489 e. The standard InChI is InChI=1S/C34H43NO4/c1-7-25-17-26(8-2)19-29(18-25)31(15-22(3)4)35-34(38)30-20-27(11-12-28(30)13-14-33(36)37)21-39-32-16-23(5)9-10-24(32)6/h9-12,16-20,22,31H,7-8,13-15,21H2,1-6H3,(H,35,38)(H,36,37)/t31-/m1/s1. The smallest absolute Gasteiger partial charge is 0.303 e. The predicted octanol–water partition coefficient (Wildman–Crippen LogP) is 7.54. The maximum atomic E-state index is 13.8. The van der Waals surface area contributed by atoms with Gasteiger partial charge in [0, 0.05) is 12.0 Å². The molecule has 2 N–H and O–H groups in total. The van der Waals surface area contributed by atoms with Crippen LogP contribution in [0, 0.1) is 19.8 Å². The maximum absolute atomic E-state index is 13.8. The van der Waals surface area contributed by atoms with E-state index in [1.807, 2.05) is 44.2 Å². The molecule has 5 nitrogen and oxygen atoms in total. The van der Waals surface area contributed by atoms with Gasteiger partial charge in [-0.1, -0.05) is 70.2 Å². The van der Waals surface area contributed by atoms with Crippen molar-refractivity contribution in [2.24, 2.45) is 5.92 Å². The number of nitrogens with one attached hydrogen (secondary N) is 1. The summed E-state index contributed by atoms with van der Waals surface area (Å²) in [5, 5.41) is 12.6. The number of hydrogen-bond donors (Lipinski definition) is 2. The summed E-state index contributed by atoms with van der Waals surface area (Å²) in [5.74, 6) is 0.129. The Morgan fingerprint density at radius 2 is 1.59 bits per heavy atom. The Bertz CT molecular complexity index is 1270. The van der Waals surface area contributed by atoms with Gasteiger partial charge in [0.1, 0.15) is 12.4 Å². The Morgan fingerprint density at radius 3 is 2.21 bits per heavy atom. The van der Waals surface area contributed by atoms with E-state index in [0.717, 1.165) is 52.8 Å². The zero-order chi connectivity index (χ0) is 28.5. The van der Waals surface area contributed by atoms with E-state index in [1.54, 1.807) is 0 Å². The lowest BCUT2D eigenvalue weighted by Gasteiger charge is -2.23. The summed E-state index contributed by atoms with van der Waals surface area (Å²) >= 11 is 0. The third-order valence-corrected chi connectivity index (χ3v) is 7.07. The first-order valence-corrected chi connectivity index (χ1v) is 14.1. The van der Waals surface area contributed by atoms with E-state index in [2.05, 4.69) is 57.3 Å². The third kappa shape index (κ3) is 8.71. The average Bonchev–Trinajstić information content (AvgIpc) is 2.91. The number of ether oxygens (including phenoxy) is 1. The van der Waals surface area contributed by atoms with Gasteiger partial charge < -0.3 is 15.2 Å². The minimum Gasteiger partial charge on any atom is -0.489 e. The summed E-state index contributed by atoms with van der Waals surface area (Å²) < 4.78 is 6.10. The highest BCUT2D eigenvalue weighted by molar-refractivity contribution is 5.96. The van der Waals surface area contributed by atoms with Gasteiger partial charge in [-0.3, -0.25) is 9.59 Å². The number of amides is 1. The first-order valence-electron chi connectivity index (χ1n) is 14.1. The van der Waals surface area contributed by atoms with Crippen LogP contribution < -0.4 is 10.1 Å². The number of benzene rings is 3. The number of carbonyl (C=O) groups is 2. The van der Waals surface area contributed by atoms with E-state index in [-0.39, 0.29) is 24.8 Å². The molecule has 0 fully saturated rings. The minimum atomic E-state index is -0.884. The van der Waals surface area contributed by atoms with Crippen LogP contribution in [0.25, 0.3) is 0 Å². The highest BCUT2D eigenvalue weighted by atomic mass is 16.5. The highest BCUT2D eigenvalue weighted by Gasteiger charge is 2.21. The van der Waals surface area contributed by atoms with Crippen LogP contribution in [0.2, 0.25) is 0 Å². The number of carboxylic acid groups (broad SMARTS) is 1. The molecule has 0 saturated carbocycles. The van der Waals surface area contributed by atoms with E-state index in [9.17, 15) is 14.7 Å². The molecule has 3 rings (SSSR count). The van der Waals surface area contributed by atoms with E-state index >= 15 is 0 Å². The van der Waals surface area contributed by atoms with E-state index in [0.29, 0.717) is 18.1 Å². The first kappa shape index (κ1) is 29.9. The van der Waals surface area contributed by atoms with Crippen molar-refractivity contribution >= 4 is 11.9 Å². The monoisotopic (exact) mass is 529 g/mol. The van der Waals surface area contributed by atoms with Gasteiger partial charge in [-0.25, -0.2) is 0 Å². The van der Waals surface area contributed by atoms with Crippen LogP contribution in [0.1, 0.15) is 95.9 Å². The molecule has 0 radical (unpaired) electrons. The number of carbonyl (C=O) groups excluding carboxylic acids is 1. The molecule has 0 aromatic heterocycles. The number of aliphatic carboxylic acids is 1. The molecule has 1 amide bonds. The molecule has 0 heterocycles. The molecule has 0 saturated heterocycles. The minimum absolute atomic E-state index is 0.0353. The van der Waals surface area contributed by atoms with Crippen molar-refractivity contribution in [1.29, 1.82) is 0 Å². The van der Waals surface area contributed by atoms with Crippen LogP contribution in [0.5, 0.6) is 5.75 Å². The van der Waals surface area contributed by atoms with Gasteiger partial charge in [-0.15, -0.1) is 0 Å². The molecular formula is C34H43NO4. The zero-order valence-electron chi connectivity index (χ0n) is 24.3. The first-order chi connectivity index (χ1) is 18.6. The van der Waals surface area contributed by atoms with Crippen molar-refractivity contribution in [1.82, 2.24) is 5.32 Å². The molecule has 0 unspecified atom stereocenters. The van der Waals surface area contributed by atoms with Crippen molar-refractivity contribution < 1.29 is 19.4 Å². The van der Waals surface area contributed by atoms with Gasteiger partial charge in [0.25, 0.3) is 5.91 Å². The predicted molar refractivity (Wildman–Crippen MR) is 158 cm³/mol. The second-order valence-electron chi connectivity index (χ2n) is 10.9. The van der Waals surface area contributed by atoms with Crippen molar-refractivity contribution in [3.8, 4) is 5.75 Å². The van der Waals surface area contributed by atoms with Crippen LogP contribution >= 0.6 is 0 Å². The van der Waals surface area contributed by atoms with Crippen molar-refractivity contribution in [2.75, 3.05) is 0 Å². The molecule has 0 aliphatic rings. The molecule has 3 aromatic rings. The van der Waals surface area contributed by atoms with Crippen LogP contribution in [0.3, 0.4) is 0 Å². The highest BCUT2D eigenvalue weighted by Crippen LogP contribution is 2.26. The molecule has 5 heteroatoms. The van der Waals surface area contributed by atoms with Crippen molar-refractivity contribution in [3.05, 3.63) is 99.1 Å². The lowest BCUT2D eigenvalue weighted by atomic mass is 9.92. The quantitative estimate of drug-likeness (QED) is 0.240. The zero-order valence-corrected chi connectivity index (χ0v) is 24.3. The lowest BCUT2D eigenvalue weighted by molar-refractivity contribution is -0.136. The fraction of sp³-hybridized carbons (Fsp3) is 0.412. The maximum Gasteiger partial charge on any atom is 0.303 e. The molecule has 208 valence electrons. The Morgan fingerprint density at radius 1 is 0.897 bits per heavy atom. The van der Waals surface area contributed by atoms with Gasteiger partial charge in [-0.2, -0.15) is 0 Å². The van der Waals surface area contributed by atoms with Crippen LogP contribution in [0.15, 0.2) is 54.6 Å². The van der Waals surface area contributed by atoms with Crippen LogP contribution in [-0.4, -0.2) is 17.0 Å². The number of aryl methyl sites for hydroxylation is 5. The number of rotatable bonds is 13. The Kier molecular flexibility index (Phi) is 10.7. The Balaban J connectivity index is 1.92. The van der Waals surface area contributed by atoms with Gasteiger partial charge in [-0.05, 0) is 96.5 Å². The summed E-state index contributed by atoms with van der Waals surface area (Å²) in [6.45, 7) is 13.0. The van der Waals surface area contributed by atoms with Gasteiger partial charge in [0.15, 0.2) is 0 Å². The fourth-order valence-electron chi connectivity index (χ4n) is 4.79. The summed E-state index contributed by atoms with van der Waals surface area (Å²) in [6.07, 6.45) is 2.93. The van der Waals surface area contributed by atoms with Gasteiger partial charge >= 0.3 is 5.97 Å². The third-order valence-electron chi connectivity index (χ3n) is 7.07. The topological polar surface area (TPSA) is 75.6 Å². The molecule has 0 spiro atoms. The van der Waals surface area contributed by atoms with E-state index in [1.165, 1.54) is 11.1 Å². The Hall–Kier alpha value is -3.60. The van der Waals surface area contributed by atoms with Crippen LogP contribution in [-0.2, 0) is 30.7 Å². The molecule has 1 atom stereocenters. The summed E-state index contributed by atoms with van der Waals surface area (Å²) in [7, 11) is 0. The van der Waals surface area contributed by atoms with E-state index < -0.39 is 5.97 Å². The molecule has 0 bridgehead atoms. The van der Waals surface area contributed by atoms with Crippen molar-refractivity contribution in [3.63, 3.8) is 0 Å². The van der Waals surface area contributed by atoms with Crippen LogP contribution in [0.4, 0.5) is 0 Å². The number of hydrogen-bond acceptors (Lipinski definition) is 3. The summed E-state index contributed by atoms with van der Waals surface area (Å²) in [6, 6.07) is 18.2. The van der Waals surface area contributed by atoms with Crippen molar-refractivity contribution in [2.45, 2.75) is 86.3 Å².